The summed E-state index contributed by atoms with van der Waals surface area (Å²) in [5.41, 5.74) is -3.53. The lowest BCUT2D eigenvalue weighted by molar-refractivity contribution is -0.264. The maximum absolute atomic E-state index is 13.3. The van der Waals surface area contributed by atoms with E-state index in [0.29, 0.717) is 4.90 Å². The van der Waals surface area contributed by atoms with Gasteiger partial charge in [-0.05, 0) is 29.8 Å². The van der Waals surface area contributed by atoms with E-state index in [9.17, 15) is 27.5 Å². The number of hydrogen-bond donors (Lipinski definition) is 2. The van der Waals surface area contributed by atoms with Crippen molar-refractivity contribution in [1.29, 1.82) is 0 Å². The average Bonchev–Trinajstić information content (AvgIpc) is 2.59. The van der Waals surface area contributed by atoms with Crippen LogP contribution in [0.25, 0.3) is 0 Å². The molecule has 2 rings (SSSR count). The van der Waals surface area contributed by atoms with E-state index in [1.165, 1.54) is 42.5 Å². The van der Waals surface area contributed by atoms with Gasteiger partial charge in [-0.3, -0.25) is 4.79 Å². The fraction of sp³-hybridized carbons (Fsp3) is 0.235. The van der Waals surface area contributed by atoms with Crippen LogP contribution in [0.5, 0.6) is 0 Å². The third-order valence-electron chi connectivity index (χ3n) is 3.45. The molecule has 1 atom stereocenters. The van der Waals surface area contributed by atoms with Crippen LogP contribution >= 0.6 is 11.8 Å². The quantitative estimate of drug-likeness (QED) is 0.602. The Morgan fingerprint density at radius 2 is 1.64 bits per heavy atom. The lowest BCUT2D eigenvalue weighted by Crippen LogP contribution is -2.51. The Balaban J connectivity index is 1.98. The number of rotatable bonds is 6. The van der Waals surface area contributed by atoms with Gasteiger partial charge >= 0.3 is 6.18 Å². The Kier molecular flexibility index (Phi) is 6.07. The van der Waals surface area contributed by atoms with Crippen LogP contribution in [0.2, 0.25) is 0 Å². The number of aliphatic hydroxyl groups is 1. The van der Waals surface area contributed by atoms with E-state index in [0.717, 1.165) is 23.9 Å². The Bertz CT molecular complexity index is 707. The Labute approximate surface area is 146 Å². The fourth-order valence-corrected chi connectivity index (χ4v) is 2.77. The summed E-state index contributed by atoms with van der Waals surface area (Å²) in [6.07, 6.45) is -4.95. The molecule has 0 spiro atoms. The van der Waals surface area contributed by atoms with E-state index in [-0.39, 0.29) is 11.3 Å². The molecule has 0 aromatic heterocycles. The molecule has 25 heavy (non-hydrogen) atoms. The molecule has 2 N–H and O–H groups in total. The van der Waals surface area contributed by atoms with Gasteiger partial charge in [0.2, 0.25) is 11.5 Å². The normalized spacial score (nSPS) is 14.0. The molecule has 0 radical (unpaired) electrons. The lowest BCUT2D eigenvalue weighted by atomic mass is 9.93. The molecule has 8 heteroatoms. The third-order valence-corrected chi connectivity index (χ3v) is 4.46. The summed E-state index contributed by atoms with van der Waals surface area (Å²) in [6.45, 7) is -0.997. The molecule has 0 heterocycles. The largest absolute Gasteiger partial charge is 0.423 e. The molecule has 2 aromatic rings. The second-order valence-corrected chi connectivity index (χ2v) is 6.29. The van der Waals surface area contributed by atoms with Crippen molar-refractivity contribution in [3.8, 4) is 0 Å². The number of amides is 1. The van der Waals surface area contributed by atoms with Crippen molar-refractivity contribution in [3.63, 3.8) is 0 Å². The SMILES string of the molecule is O=C(CSc1ccc(F)cc1)NC[C@@](O)(c1ccccc1)C(F)(F)F. The molecule has 0 aliphatic carbocycles. The predicted molar refractivity (Wildman–Crippen MR) is 86.5 cm³/mol. The van der Waals surface area contributed by atoms with E-state index >= 15 is 0 Å². The molecule has 0 aliphatic rings. The second-order valence-electron chi connectivity index (χ2n) is 5.24. The highest BCUT2D eigenvalue weighted by molar-refractivity contribution is 8.00. The van der Waals surface area contributed by atoms with Gasteiger partial charge in [-0.15, -0.1) is 11.8 Å². The third kappa shape index (κ3) is 4.96. The van der Waals surface area contributed by atoms with E-state index in [4.69, 9.17) is 0 Å². The summed E-state index contributed by atoms with van der Waals surface area (Å²) in [5.74, 6) is -1.26. The van der Waals surface area contributed by atoms with Gasteiger partial charge in [0.1, 0.15) is 5.82 Å². The smallest absolute Gasteiger partial charge is 0.375 e. The molecule has 134 valence electrons. The molecule has 0 bridgehead atoms. The molecule has 1 amide bonds. The van der Waals surface area contributed by atoms with Crippen LogP contribution in [0.3, 0.4) is 0 Å². The summed E-state index contributed by atoms with van der Waals surface area (Å²) in [7, 11) is 0. The summed E-state index contributed by atoms with van der Waals surface area (Å²) in [4.78, 5) is 12.4. The van der Waals surface area contributed by atoms with Crippen molar-refractivity contribution in [3.05, 3.63) is 66.0 Å². The number of nitrogens with one attached hydrogen (secondary N) is 1. The standard InChI is InChI=1S/C17H15F4NO2S/c18-13-6-8-14(9-7-13)25-10-15(23)22-11-16(24,17(19,20)21)12-4-2-1-3-5-12/h1-9,24H,10-11H2,(H,22,23)/t16-/m1/s1. The van der Waals surface area contributed by atoms with Crippen molar-refractivity contribution in [2.24, 2.45) is 0 Å². The summed E-state index contributed by atoms with van der Waals surface area (Å²) >= 11 is 1.05. The molecule has 0 saturated carbocycles. The number of carbonyl (C=O) groups excluding carboxylic acids is 1. The number of benzene rings is 2. The maximum atomic E-state index is 13.3. The first kappa shape index (κ1) is 19.3. The number of carbonyl (C=O) groups is 1. The first-order valence-corrected chi connectivity index (χ1v) is 8.20. The highest BCUT2D eigenvalue weighted by atomic mass is 32.2. The Morgan fingerprint density at radius 1 is 1.04 bits per heavy atom. The molecule has 0 unspecified atom stereocenters. The molecule has 2 aromatic carbocycles. The number of hydrogen-bond acceptors (Lipinski definition) is 3. The van der Waals surface area contributed by atoms with Crippen LogP contribution in [0.1, 0.15) is 5.56 Å². The number of alkyl halides is 3. The van der Waals surface area contributed by atoms with Crippen molar-refractivity contribution in [1.82, 2.24) is 5.32 Å². The van der Waals surface area contributed by atoms with Crippen LogP contribution in [0.15, 0.2) is 59.5 Å². The molecular formula is C17H15F4NO2S. The van der Waals surface area contributed by atoms with Crippen LogP contribution in [0.4, 0.5) is 17.6 Å². The topological polar surface area (TPSA) is 49.3 Å². The minimum atomic E-state index is -4.95. The number of thioether (sulfide) groups is 1. The van der Waals surface area contributed by atoms with Crippen molar-refractivity contribution < 1.29 is 27.5 Å². The van der Waals surface area contributed by atoms with E-state index < -0.39 is 30.0 Å². The zero-order chi connectivity index (χ0) is 18.5. The predicted octanol–water partition coefficient (Wildman–Crippen LogP) is 3.48. The minimum absolute atomic E-state index is 0.158. The fourth-order valence-electron chi connectivity index (χ4n) is 2.04. The van der Waals surface area contributed by atoms with Gasteiger partial charge in [-0.1, -0.05) is 30.3 Å². The molecule has 3 nitrogen and oxygen atoms in total. The van der Waals surface area contributed by atoms with Crippen LogP contribution in [-0.4, -0.2) is 29.5 Å². The van der Waals surface area contributed by atoms with Crippen LogP contribution in [-0.2, 0) is 10.4 Å². The van der Waals surface area contributed by atoms with Crippen LogP contribution in [0, 0.1) is 5.82 Å². The Morgan fingerprint density at radius 3 is 2.20 bits per heavy atom. The van der Waals surface area contributed by atoms with Gasteiger partial charge in [0.25, 0.3) is 0 Å². The molecular weight excluding hydrogens is 358 g/mol. The summed E-state index contributed by atoms with van der Waals surface area (Å²) in [6, 6.07) is 11.9. The molecule has 0 fully saturated rings. The monoisotopic (exact) mass is 373 g/mol. The highest BCUT2D eigenvalue weighted by Gasteiger charge is 2.55. The molecule has 0 aliphatic heterocycles. The highest BCUT2D eigenvalue weighted by Crippen LogP contribution is 2.38. The zero-order valence-corrected chi connectivity index (χ0v) is 13.7. The van der Waals surface area contributed by atoms with E-state index in [1.54, 1.807) is 0 Å². The van der Waals surface area contributed by atoms with E-state index in [1.807, 2.05) is 0 Å². The van der Waals surface area contributed by atoms with Gasteiger partial charge in [-0.25, -0.2) is 4.39 Å². The first-order valence-electron chi connectivity index (χ1n) is 7.22. The first-order chi connectivity index (χ1) is 11.7. The average molecular weight is 373 g/mol. The van der Waals surface area contributed by atoms with Gasteiger partial charge in [0, 0.05) is 4.90 Å². The van der Waals surface area contributed by atoms with Crippen molar-refractivity contribution >= 4 is 17.7 Å². The number of halogens is 4. The van der Waals surface area contributed by atoms with E-state index in [2.05, 4.69) is 5.32 Å². The van der Waals surface area contributed by atoms with Gasteiger partial charge < -0.3 is 10.4 Å². The molecule has 0 saturated heterocycles. The van der Waals surface area contributed by atoms with Gasteiger partial charge in [0.15, 0.2) is 0 Å². The van der Waals surface area contributed by atoms with Crippen molar-refractivity contribution in [2.45, 2.75) is 16.7 Å². The Hall–Kier alpha value is -2.06. The van der Waals surface area contributed by atoms with Crippen molar-refractivity contribution in [2.75, 3.05) is 12.3 Å². The minimum Gasteiger partial charge on any atom is -0.375 e. The van der Waals surface area contributed by atoms with Gasteiger partial charge in [-0.2, -0.15) is 13.2 Å². The maximum Gasteiger partial charge on any atom is 0.423 e. The summed E-state index contributed by atoms with van der Waals surface area (Å²) < 4.78 is 52.6. The van der Waals surface area contributed by atoms with Crippen LogP contribution < -0.4 is 5.32 Å². The lowest BCUT2D eigenvalue weighted by Gasteiger charge is -2.31. The zero-order valence-electron chi connectivity index (χ0n) is 12.9. The summed E-state index contributed by atoms with van der Waals surface area (Å²) in [5, 5.41) is 12.2. The van der Waals surface area contributed by atoms with Gasteiger partial charge in [0.05, 0.1) is 12.3 Å². The second kappa shape index (κ2) is 7.88.